The van der Waals surface area contributed by atoms with E-state index in [9.17, 15) is 9.59 Å². The number of piperidine rings is 1. The van der Waals surface area contributed by atoms with Gasteiger partial charge < -0.3 is 20.9 Å². The van der Waals surface area contributed by atoms with Gasteiger partial charge in [0.05, 0.1) is 5.56 Å². The second-order valence-corrected chi connectivity index (χ2v) is 8.09. The highest BCUT2D eigenvalue weighted by Gasteiger charge is 2.27. The average molecular weight is 393 g/mol. The van der Waals surface area contributed by atoms with Crippen molar-refractivity contribution in [1.29, 1.82) is 0 Å². The molecule has 2 aromatic carbocycles. The van der Waals surface area contributed by atoms with Crippen LogP contribution in [0.15, 0.2) is 48.5 Å². The Morgan fingerprint density at radius 1 is 0.897 bits per heavy atom. The topological polar surface area (TPSA) is 73.5 Å². The van der Waals surface area contributed by atoms with Crippen LogP contribution < -0.4 is 20.9 Å². The molecule has 0 unspecified atom stereocenters. The third-order valence-electron chi connectivity index (χ3n) is 5.57. The zero-order valence-corrected chi connectivity index (χ0v) is 16.8. The van der Waals surface area contributed by atoms with Gasteiger partial charge >= 0.3 is 6.03 Å². The summed E-state index contributed by atoms with van der Waals surface area (Å²) >= 11 is 0. The van der Waals surface area contributed by atoms with Crippen molar-refractivity contribution in [1.82, 2.24) is 5.32 Å². The molecule has 3 N–H and O–H groups in total. The number of para-hydroxylation sites is 1. The quantitative estimate of drug-likeness (QED) is 0.703. The van der Waals surface area contributed by atoms with Gasteiger partial charge in [-0.25, -0.2) is 4.79 Å². The number of hydrogen-bond donors (Lipinski definition) is 3. The van der Waals surface area contributed by atoms with Crippen LogP contribution in [0.3, 0.4) is 0 Å². The molecule has 6 heteroatoms. The minimum Gasteiger partial charge on any atom is -0.371 e. The summed E-state index contributed by atoms with van der Waals surface area (Å²) in [7, 11) is 0. The number of hydrogen-bond acceptors (Lipinski definition) is 3. The number of nitrogens with one attached hydrogen (secondary N) is 3. The lowest BCUT2D eigenvalue weighted by Crippen LogP contribution is -2.35. The fourth-order valence-corrected chi connectivity index (χ4v) is 3.63. The van der Waals surface area contributed by atoms with Crippen LogP contribution in [0, 0.1) is 5.92 Å². The molecule has 1 aliphatic carbocycles. The molecular weight excluding hydrogens is 364 g/mol. The third kappa shape index (κ3) is 5.08. The number of nitrogens with zero attached hydrogens (tertiary/aromatic N) is 1. The van der Waals surface area contributed by atoms with Crippen molar-refractivity contribution < 1.29 is 9.59 Å². The summed E-state index contributed by atoms with van der Waals surface area (Å²) in [6, 6.07) is 14.8. The molecule has 1 aliphatic heterocycles. The summed E-state index contributed by atoms with van der Waals surface area (Å²) in [4.78, 5) is 27.5. The first-order valence-corrected chi connectivity index (χ1v) is 10.4. The van der Waals surface area contributed by atoms with Gasteiger partial charge in [-0.3, -0.25) is 4.79 Å². The molecular formula is C23H28N4O2. The van der Waals surface area contributed by atoms with Gasteiger partial charge in [0.15, 0.2) is 0 Å². The van der Waals surface area contributed by atoms with E-state index in [-0.39, 0.29) is 18.0 Å². The molecule has 1 saturated heterocycles. The molecule has 0 atom stereocenters. The molecule has 29 heavy (non-hydrogen) atoms. The van der Waals surface area contributed by atoms with Crippen LogP contribution in [-0.2, 0) is 0 Å². The fourth-order valence-electron chi connectivity index (χ4n) is 3.63. The molecule has 0 aromatic heterocycles. The van der Waals surface area contributed by atoms with Crippen LogP contribution in [0.25, 0.3) is 0 Å². The predicted octanol–water partition coefficient (Wildman–Crippen LogP) is 4.46. The monoisotopic (exact) mass is 392 g/mol. The maximum Gasteiger partial charge on any atom is 0.323 e. The van der Waals surface area contributed by atoms with Crippen molar-refractivity contribution in [2.24, 2.45) is 5.92 Å². The van der Waals surface area contributed by atoms with E-state index in [1.807, 2.05) is 42.5 Å². The van der Waals surface area contributed by atoms with Gasteiger partial charge in [-0.05, 0) is 61.9 Å². The molecule has 1 heterocycles. The zero-order valence-electron chi connectivity index (χ0n) is 16.8. The molecule has 2 fully saturated rings. The van der Waals surface area contributed by atoms with Gasteiger partial charge in [0.25, 0.3) is 5.91 Å². The summed E-state index contributed by atoms with van der Waals surface area (Å²) in [5.41, 5.74) is 2.90. The number of rotatable bonds is 5. The predicted molar refractivity (Wildman–Crippen MR) is 117 cm³/mol. The average Bonchev–Trinajstić information content (AvgIpc) is 3.53. The Kier molecular flexibility index (Phi) is 5.69. The standard InChI is InChI=1S/C23H28N4O2/c1-16-11-13-27(14-12-16)21-10-9-19(15-20(21)22(28)24-18-7-8-18)26-23(29)25-17-5-3-2-4-6-17/h2-6,9-10,15-16,18H,7-8,11-14H2,1H3,(H,24,28)(H2,25,26,29). The van der Waals surface area contributed by atoms with Gasteiger partial charge in [-0.2, -0.15) is 0 Å². The van der Waals surface area contributed by atoms with E-state index in [1.165, 1.54) is 0 Å². The van der Waals surface area contributed by atoms with Crippen LogP contribution in [0.1, 0.15) is 43.0 Å². The molecule has 152 valence electrons. The van der Waals surface area contributed by atoms with Crippen molar-refractivity contribution in [2.75, 3.05) is 28.6 Å². The second-order valence-electron chi connectivity index (χ2n) is 8.09. The number of carbonyl (C=O) groups excluding carboxylic acids is 2. The van der Waals surface area contributed by atoms with E-state index in [0.29, 0.717) is 11.3 Å². The van der Waals surface area contributed by atoms with E-state index in [2.05, 4.69) is 27.8 Å². The fraction of sp³-hybridized carbons (Fsp3) is 0.391. The SMILES string of the molecule is CC1CCN(c2ccc(NC(=O)Nc3ccccc3)cc2C(=O)NC2CC2)CC1. The highest BCUT2D eigenvalue weighted by molar-refractivity contribution is 6.04. The molecule has 2 aromatic rings. The Morgan fingerprint density at radius 3 is 2.28 bits per heavy atom. The first-order chi connectivity index (χ1) is 14.1. The minimum atomic E-state index is -0.329. The van der Waals surface area contributed by atoms with Crippen molar-refractivity contribution in [3.63, 3.8) is 0 Å². The van der Waals surface area contributed by atoms with E-state index in [0.717, 1.165) is 56.1 Å². The first kappa shape index (κ1) is 19.3. The second kappa shape index (κ2) is 8.55. The largest absolute Gasteiger partial charge is 0.371 e. The number of carbonyl (C=O) groups is 2. The van der Waals surface area contributed by atoms with Gasteiger partial charge in [0.1, 0.15) is 0 Å². The van der Waals surface area contributed by atoms with Crippen LogP contribution in [-0.4, -0.2) is 31.1 Å². The highest BCUT2D eigenvalue weighted by atomic mass is 16.2. The highest BCUT2D eigenvalue weighted by Crippen LogP contribution is 2.30. The smallest absolute Gasteiger partial charge is 0.323 e. The van der Waals surface area contributed by atoms with Crippen LogP contribution in [0.2, 0.25) is 0 Å². The summed E-state index contributed by atoms with van der Waals surface area (Å²) in [6.07, 6.45) is 4.34. The number of urea groups is 1. The molecule has 1 saturated carbocycles. The van der Waals surface area contributed by atoms with Crippen molar-refractivity contribution >= 4 is 29.0 Å². The van der Waals surface area contributed by atoms with Gasteiger partial charge in [-0.15, -0.1) is 0 Å². The summed E-state index contributed by atoms with van der Waals surface area (Å²) in [5.74, 6) is 0.658. The van der Waals surface area contributed by atoms with E-state index >= 15 is 0 Å². The molecule has 0 radical (unpaired) electrons. The van der Waals surface area contributed by atoms with Crippen molar-refractivity contribution in [3.05, 3.63) is 54.1 Å². The van der Waals surface area contributed by atoms with Crippen LogP contribution in [0.4, 0.5) is 21.9 Å². The maximum atomic E-state index is 12.9. The van der Waals surface area contributed by atoms with E-state index in [1.54, 1.807) is 6.07 Å². The van der Waals surface area contributed by atoms with Gasteiger partial charge in [-0.1, -0.05) is 25.1 Å². The Bertz CT molecular complexity index is 872. The van der Waals surface area contributed by atoms with Crippen molar-refractivity contribution in [2.45, 2.75) is 38.6 Å². The van der Waals surface area contributed by atoms with E-state index in [4.69, 9.17) is 0 Å². The number of benzene rings is 2. The normalized spacial score (nSPS) is 16.9. The van der Waals surface area contributed by atoms with Crippen molar-refractivity contribution in [3.8, 4) is 0 Å². The van der Waals surface area contributed by atoms with Crippen LogP contribution >= 0.6 is 0 Å². The zero-order chi connectivity index (χ0) is 20.2. The van der Waals surface area contributed by atoms with Crippen LogP contribution in [0.5, 0.6) is 0 Å². The molecule has 2 aliphatic rings. The minimum absolute atomic E-state index is 0.0618. The summed E-state index contributed by atoms with van der Waals surface area (Å²) in [5, 5.41) is 8.73. The first-order valence-electron chi connectivity index (χ1n) is 10.4. The van der Waals surface area contributed by atoms with Gasteiger partial charge in [0, 0.05) is 36.2 Å². The summed E-state index contributed by atoms with van der Waals surface area (Å²) < 4.78 is 0. The maximum absolute atomic E-state index is 12.9. The van der Waals surface area contributed by atoms with Gasteiger partial charge in [0.2, 0.25) is 0 Å². The molecule has 0 spiro atoms. The summed E-state index contributed by atoms with van der Waals surface area (Å²) in [6.45, 7) is 4.18. The Balaban J connectivity index is 1.52. The van der Waals surface area contributed by atoms with E-state index < -0.39 is 0 Å². The molecule has 6 nitrogen and oxygen atoms in total. The Morgan fingerprint density at radius 2 is 1.59 bits per heavy atom. The molecule has 4 rings (SSSR count). The lowest BCUT2D eigenvalue weighted by Gasteiger charge is -2.33. The number of anilines is 3. The lowest BCUT2D eigenvalue weighted by atomic mass is 9.98. The Labute approximate surface area is 171 Å². The number of amides is 3. The lowest BCUT2D eigenvalue weighted by molar-refractivity contribution is 0.0951. The third-order valence-corrected chi connectivity index (χ3v) is 5.57. The molecule has 3 amide bonds. The molecule has 0 bridgehead atoms. The Hall–Kier alpha value is -3.02.